The first-order chi connectivity index (χ1) is 39.8. The molecule has 0 bridgehead atoms. The van der Waals surface area contributed by atoms with Crippen molar-refractivity contribution in [3.63, 3.8) is 0 Å². The summed E-state index contributed by atoms with van der Waals surface area (Å²) in [5.41, 5.74) is 0.0726. The van der Waals surface area contributed by atoms with E-state index in [1.807, 2.05) is 0 Å². The lowest BCUT2D eigenvalue weighted by molar-refractivity contribution is 0.101. The number of anilines is 6. The van der Waals surface area contributed by atoms with Crippen LogP contribution in [0, 0.1) is 13.8 Å². The fraction of sp³-hybridized carbons (Fsp3) is 0.0588. The average molecular weight is 1300 g/mol. The van der Waals surface area contributed by atoms with E-state index in [4.69, 9.17) is 0 Å². The minimum absolute atomic E-state index is 0.000157. The van der Waals surface area contributed by atoms with E-state index >= 15 is 0 Å². The van der Waals surface area contributed by atoms with Gasteiger partial charge in [-0.3, -0.25) is 41.7 Å². The van der Waals surface area contributed by atoms with Gasteiger partial charge in [-0.1, -0.05) is 30.3 Å². The van der Waals surface area contributed by atoms with Gasteiger partial charge in [-0.2, -0.15) is 50.5 Å². The van der Waals surface area contributed by atoms with E-state index in [0.717, 1.165) is 18.2 Å². The molecule has 1 unspecified atom stereocenters. The van der Waals surface area contributed by atoms with Gasteiger partial charge in [0.25, 0.3) is 78.4 Å². The van der Waals surface area contributed by atoms with Crippen LogP contribution in [-0.4, -0.2) is 107 Å². The normalized spacial score (nSPS) is 12.7. The predicted octanol–water partition coefficient (Wildman–Crippen LogP) is 6.59. The zero-order chi connectivity index (χ0) is 63.4. The zero-order valence-corrected chi connectivity index (χ0v) is 48.3. The molecule has 0 heterocycles. The van der Waals surface area contributed by atoms with Crippen molar-refractivity contribution in [3.05, 3.63) is 167 Å². The topological polar surface area (TPSA) is 487 Å². The van der Waals surface area contributed by atoms with Crippen molar-refractivity contribution in [2.45, 2.75) is 49.4 Å². The molecule has 0 saturated heterocycles. The Hall–Kier alpha value is -8.82. The predicted molar refractivity (Wildman–Crippen MR) is 307 cm³/mol. The number of amides is 5. The summed E-state index contributed by atoms with van der Waals surface area (Å²) < 4.78 is 206. The highest BCUT2D eigenvalue weighted by atomic mass is 32.2. The highest BCUT2D eigenvalue weighted by molar-refractivity contribution is 7.88. The Balaban J connectivity index is 0.946. The summed E-state index contributed by atoms with van der Waals surface area (Å²) >= 11 is 0. The Bertz CT molecular complexity index is 4970. The van der Waals surface area contributed by atoms with Crippen molar-refractivity contribution in [2.24, 2.45) is 0 Å². The van der Waals surface area contributed by atoms with Crippen LogP contribution in [0.1, 0.15) is 54.0 Å². The Kier molecular flexibility index (Phi) is 17.1. The minimum atomic E-state index is -5.45. The Morgan fingerprint density at radius 2 is 0.756 bits per heavy atom. The summed E-state index contributed by atoms with van der Waals surface area (Å²) in [6.45, 7) is 3.15. The monoisotopic (exact) mass is 1300 g/mol. The summed E-state index contributed by atoms with van der Waals surface area (Å²) in [5.74, 6) is -2.50. The molecule has 86 heavy (non-hydrogen) atoms. The quantitative estimate of drug-likeness (QED) is 0.0337. The maximum atomic E-state index is 13.7. The fourth-order valence-corrected chi connectivity index (χ4v) is 12.7. The van der Waals surface area contributed by atoms with Gasteiger partial charge < -0.3 is 37.0 Å². The minimum Gasteiger partial charge on any atom is -0.369 e. The zero-order valence-electron chi connectivity index (χ0n) is 43.4. The first kappa shape index (κ1) is 63.2. The third-order valence-electron chi connectivity index (χ3n) is 12.6. The molecule has 8 aromatic carbocycles. The van der Waals surface area contributed by atoms with E-state index in [0.29, 0.717) is 41.5 Å². The van der Waals surface area contributed by atoms with Gasteiger partial charge in [0.15, 0.2) is 6.23 Å². The summed E-state index contributed by atoms with van der Waals surface area (Å²) in [6, 6.07) is 23.1. The van der Waals surface area contributed by atoms with Crippen LogP contribution in [-0.2, 0) is 60.7 Å². The van der Waals surface area contributed by atoms with Crippen molar-refractivity contribution in [3.8, 4) is 0 Å². The molecule has 13 N–H and O–H groups in total. The number of fused-ring (bicyclic) bond motifs is 2. The van der Waals surface area contributed by atoms with Gasteiger partial charge in [0, 0.05) is 72.2 Å². The molecule has 0 aliphatic carbocycles. The van der Waals surface area contributed by atoms with Crippen LogP contribution in [0.5, 0.6) is 0 Å². The van der Waals surface area contributed by atoms with Gasteiger partial charge in [0.2, 0.25) is 0 Å². The Morgan fingerprint density at radius 1 is 0.372 bits per heavy atom. The number of urea groups is 1. The van der Waals surface area contributed by atoms with E-state index in [-0.39, 0.29) is 45.0 Å². The maximum Gasteiger partial charge on any atom is 0.323 e. The van der Waals surface area contributed by atoms with Crippen molar-refractivity contribution in [1.82, 2.24) is 0 Å². The van der Waals surface area contributed by atoms with Gasteiger partial charge in [0.1, 0.15) is 19.6 Å². The van der Waals surface area contributed by atoms with Crippen LogP contribution in [0.15, 0.2) is 163 Å². The Morgan fingerprint density at radius 3 is 1.19 bits per heavy atom. The van der Waals surface area contributed by atoms with Crippen LogP contribution in [0.25, 0.3) is 21.5 Å². The van der Waals surface area contributed by atoms with Crippen molar-refractivity contribution in [1.29, 1.82) is 0 Å². The average Bonchev–Trinajstić information content (AvgIpc) is 0.808. The van der Waals surface area contributed by atoms with Crippen LogP contribution in [0.4, 0.5) is 38.9 Å². The second-order valence-electron chi connectivity index (χ2n) is 18.5. The third kappa shape index (κ3) is 14.1. The second-order valence-corrected chi connectivity index (χ2v) is 26.9. The van der Waals surface area contributed by atoms with E-state index in [9.17, 15) is 102 Å². The SMILES string of the molecule is Cc1ccc(C(=O)Nc2ccc(S(=O)(=O)O)c3cc(S(=O)(=O)O)cc(S(=O)(=O)O)c23)cc1NC(=O)c1cccc(NC(=O)Nc2cccc(C(=O)Nc3cc(C(O)Nc4ccc(S(=O)(=O)O)c5cc(S(=O)(=O)O)cc(S(=O)(=O)O)c45)ccc3C)c2)c1. The molecule has 450 valence electrons. The van der Waals surface area contributed by atoms with Gasteiger partial charge >= 0.3 is 6.03 Å². The van der Waals surface area contributed by atoms with E-state index in [2.05, 4.69) is 31.9 Å². The van der Waals surface area contributed by atoms with E-state index in [1.54, 1.807) is 13.8 Å². The molecule has 35 heteroatoms. The highest BCUT2D eigenvalue weighted by Gasteiger charge is 2.30. The highest BCUT2D eigenvalue weighted by Crippen LogP contribution is 2.40. The number of aliphatic hydroxyl groups excluding tert-OH is 1. The fourth-order valence-electron chi connectivity index (χ4n) is 8.59. The number of hydrogen-bond donors (Lipinski definition) is 13. The molecule has 0 aliphatic heterocycles. The number of hydrogen-bond acceptors (Lipinski definition) is 18. The second kappa shape index (κ2) is 23.2. The molecule has 8 aromatic rings. The Labute approximate surface area is 487 Å². The first-order valence-corrected chi connectivity index (χ1v) is 32.4. The molecule has 0 spiro atoms. The molecule has 29 nitrogen and oxygen atoms in total. The number of nitrogens with one attached hydrogen (secondary N) is 6. The van der Waals surface area contributed by atoms with Gasteiger partial charge in [-0.15, -0.1) is 0 Å². The number of aryl methyl sites for hydroxylation is 2. The molecule has 0 saturated carbocycles. The van der Waals surface area contributed by atoms with Crippen molar-refractivity contribution < 1.29 is 102 Å². The van der Waals surface area contributed by atoms with E-state index < -0.39 is 153 Å². The van der Waals surface area contributed by atoms with Crippen LogP contribution in [0.3, 0.4) is 0 Å². The summed E-state index contributed by atoms with van der Waals surface area (Å²) in [6.07, 6.45) is -1.82. The van der Waals surface area contributed by atoms with Crippen molar-refractivity contribution in [2.75, 3.05) is 31.9 Å². The lowest BCUT2D eigenvalue weighted by Gasteiger charge is -2.20. The number of carbonyl (C=O) groups excluding carboxylic acids is 4. The number of benzene rings is 8. The van der Waals surface area contributed by atoms with Crippen LogP contribution < -0.4 is 31.9 Å². The maximum absolute atomic E-state index is 13.7. The molecule has 0 radical (unpaired) electrons. The smallest absolute Gasteiger partial charge is 0.323 e. The molecule has 0 aliphatic rings. The third-order valence-corrected chi connectivity index (χ3v) is 17.9. The number of carbonyl (C=O) groups is 4. The molecular formula is C51H42N6O23S6. The van der Waals surface area contributed by atoms with Gasteiger partial charge in [-0.05, 0) is 128 Å². The van der Waals surface area contributed by atoms with Gasteiger partial charge in [-0.25, -0.2) is 4.79 Å². The summed E-state index contributed by atoms with van der Waals surface area (Å²) in [5, 5.41) is 23.4. The standard InChI is InChI=1S/C51H42N6O23S6/c1-25-9-11-29(49(60)54-37-13-15-41(83(69,70)71)35-21-33(81(63,64)65)23-43(45(35)37)85(75,76)77)19-39(25)56-47(58)27-5-3-7-31(17-27)52-51(62)53-32-8-4-6-28(18-32)48(59)57-40-20-30(12-10-26(40)2)50(61)55-38-14-16-42(84(72,73)74)36-22-34(82(66,67)68)24-44(46(36)38)86(78,79)80/h3-24,49,54,60H,1-2H3,(H,55,61)(H,56,58)(H,57,59)(H2,52,53,62)(H,63,64,65)(H,66,67,68)(H,69,70,71)(H,72,73,74)(H,75,76,77)(H,78,79,80). The van der Waals surface area contributed by atoms with Crippen molar-refractivity contribution >= 4 is 140 Å². The summed E-state index contributed by atoms with van der Waals surface area (Å²) in [4.78, 5) is 47.2. The molecule has 0 fully saturated rings. The van der Waals surface area contributed by atoms with Crippen LogP contribution in [0.2, 0.25) is 0 Å². The molecule has 0 aromatic heterocycles. The summed E-state index contributed by atoms with van der Waals surface area (Å²) in [7, 11) is -31.8. The number of rotatable bonds is 17. The largest absolute Gasteiger partial charge is 0.369 e. The van der Waals surface area contributed by atoms with E-state index in [1.165, 1.54) is 84.9 Å². The molecular weight excluding hydrogens is 1260 g/mol. The van der Waals surface area contributed by atoms with Crippen LogP contribution >= 0.6 is 0 Å². The lowest BCUT2D eigenvalue weighted by Crippen LogP contribution is -2.21. The molecule has 5 amide bonds. The lowest BCUT2D eigenvalue weighted by atomic mass is 10.1. The number of aliphatic hydroxyl groups is 1. The van der Waals surface area contributed by atoms with Gasteiger partial charge in [0.05, 0.1) is 15.5 Å². The first-order valence-electron chi connectivity index (χ1n) is 23.7. The molecule has 8 rings (SSSR count). The molecule has 1 atom stereocenters.